The Morgan fingerprint density at radius 2 is 2.00 bits per heavy atom. The first-order valence-corrected chi connectivity index (χ1v) is 5.88. The molecule has 0 fully saturated rings. The SMILES string of the molecule is CC(C)(O)C(C)(C)OB(O)C1=CC=CCC1=C=O. The highest BCUT2D eigenvalue weighted by Crippen LogP contribution is 2.28. The number of allylic oxidation sites excluding steroid dienone is 5. The summed E-state index contributed by atoms with van der Waals surface area (Å²) in [4.78, 5) is 10.8. The molecule has 0 atom stereocenters. The van der Waals surface area contributed by atoms with E-state index in [2.05, 4.69) is 0 Å². The number of aliphatic hydroxyl groups is 1. The summed E-state index contributed by atoms with van der Waals surface area (Å²) in [5.41, 5.74) is -1.31. The summed E-state index contributed by atoms with van der Waals surface area (Å²) >= 11 is 0. The summed E-state index contributed by atoms with van der Waals surface area (Å²) in [6.07, 6.45) is 5.60. The van der Waals surface area contributed by atoms with E-state index in [0.29, 0.717) is 17.5 Å². The molecule has 1 aliphatic carbocycles. The highest BCUT2D eigenvalue weighted by Gasteiger charge is 2.40. The normalized spacial score (nSPS) is 16.3. The lowest BCUT2D eigenvalue weighted by Gasteiger charge is -2.38. The molecule has 98 valence electrons. The van der Waals surface area contributed by atoms with Crippen LogP contribution < -0.4 is 0 Å². The lowest BCUT2D eigenvalue weighted by atomic mass is 9.70. The van der Waals surface area contributed by atoms with Gasteiger partial charge in [0.05, 0.1) is 11.2 Å². The lowest BCUT2D eigenvalue weighted by molar-refractivity contribution is -0.0988. The molecule has 0 aromatic carbocycles. The van der Waals surface area contributed by atoms with E-state index in [4.69, 9.17) is 4.65 Å². The van der Waals surface area contributed by atoms with Gasteiger partial charge in [-0.05, 0) is 33.2 Å². The van der Waals surface area contributed by atoms with Crippen molar-refractivity contribution in [1.82, 2.24) is 0 Å². The Labute approximate surface area is 108 Å². The molecule has 0 spiro atoms. The molecule has 18 heavy (non-hydrogen) atoms. The summed E-state index contributed by atoms with van der Waals surface area (Å²) in [6.45, 7) is 6.57. The molecule has 0 aromatic heterocycles. The zero-order chi connectivity index (χ0) is 14.0. The van der Waals surface area contributed by atoms with E-state index in [9.17, 15) is 14.9 Å². The van der Waals surface area contributed by atoms with E-state index in [1.54, 1.807) is 51.9 Å². The monoisotopic (exact) mass is 250 g/mol. The molecule has 0 aromatic rings. The van der Waals surface area contributed by atoms with Crippen molar-refractivity contribution in [2.24, 2.45) is 0 Å². The van der Waals surface area contributed by atoms with E-state index in [0.717, 1.165) is 0 Å². The van der Waals surface area contributed by atoms with Crippen molar-refractivity contribution in [2.75, 3.05) is 0 Å². The Balaban J connectivity index is 2.89. The number of hydrogen-bond donors (Lipinski definition) is 2. The molecule has 5 heteroatoms. The quantitative estimate of drug-likeness (QED) is 0.581. The summed E-state index contributed by atoms with van der Waals surface area (Å²) in [6, 6.07) is 0. The fourth-order valence-electron chi connectivity index (χ4n) is 1.39. The molecule has 0 bridgehead atoms. The Hall–Kier alpha value is -1.13. The van der Waals surface area contributed by atoms with Crippen LogP contribution in [-0.2, 0) is 9.45 Å². The minimum absolute atomic E-state index is 0.372. The fourth-order valence-corrected chi connectivity index (χ4v) is 1.39. The van der Waals surface area contributed by atoms with Gasteiger partial charge in [-0.2, -0.15) is 0 Å². The van der Waals surface area contributed by atoms with Crippen molar-refractivity contribution in [2.45, 2.75) is 45.3 Å². The summed E-state index contributed by atoms with van der Waals surface area (Å²) in [7, 11) is -1.26. The predicted molar refractivity (Wildman–Crippen MR) is 70.5 cm³/mol. The second-order valence-electron chi connectivity index (χ2n) is 5.37. The van der Waals surface area contributed by atoms with E-state index < -0.39 is 18.3 Å². The molecule has 0 amide bonds. The maximum Gasteiger partial charge on any atom is 0.492 e. The van der Waals surface area contributed by atoms with Crippen LogP contribution in [-0.4, -0.2) is 34.4 Å². The minimum atomic E-state index is -1.26. The van der Waals surface area contributed by atoms with Gasteiger partial charge in [0.25, 0.3) is 0 Å². The third-order valence-corrected chi connectivity index (χ3v) is 3.35. The Kier molecular flexibility index (Phi) is 4.35. The third-order valence-electron chi connectivity index (χ3n) is 3.35. The highest BCUT2D eigenvalue weighted by molar-refractivity contribution is 6.54. The van der Waals surface area contributed by atoms with Crippen LogP contribution in [0.3, 0.4) is 0 Å². The predicted octanol–water partition coefficient (Wildman–Crippen LogP) is 1.22. The molecule has 0 saturated heterocycles. The summed E-state index contributed by atoms with van der Waals surface area (Å²) in [5.74, 6) is 1.80. The minimum Gasteiger partial charge on any atom is -0.423 e. The lowest BCUT2D eigenvalue weighted by Crippen LogP contribution is -2.51. The van der Waals surface area contributed by atoms with Crippen LogP contribution in [0, 0.1) is 0 Å². The topological polar surface area (TPSA) is 66.8 Å². The molecule has 0 radical (unpaired) electrons. The van der Waals surface area contributed by atoms with Crippen molar-refractivity contribution < 1.29 is 19.6 Å². The highest BCUT2D eigenvalue weighted by atomic mass is 16.5. The molecule has 0 aliphatic heterocycles. The second kappa shape index (κ2) is 5.25. The first-order chi connectivity index (χ1) is 8.19. The van der Waals surface area contributed by atoms with E-state index in [1.165, 1.54) is 0 Å². The van der Waals surface area contributed by atoms with Gasteiger partial charge in [-0.15, -0.1) is 0 Å². The fraction of sp³-hybridized carbons (Fsp3) is 0.538. The molecule has 4 nitrogen and oxygen atoms in total. The zero-order valence-electron chi connectivity index (χ0n) is 11.2. The van der Waals surface area contributed by atoms with Crippen LogP contribution >= 0.6 is 0 Å². The van der Waals surface area contributed by atoms with Crippen molar-refractivity contribution in [3.05, 3.63) is 29.3 Å². The standard InChI is InChI=1S/C13H19BO4/c1-12(2,16)13(3,4)18-14(17)11-8-6-5-7-10(11)9-15/h5-6,8,16-17H,7H2,1-4H3. The van der Waals surface area contributed by atoms with Gasteiger partial charge in [0.1, 0.15) is 5.94 Å². The molecule has 1 rings (SSSR count). The van der Waals surface area contributed by atoms with Gasteiger partial charge in [0, 0.05) is 12.0 Å². The van der Waals surface area contributed by atoms with Crippen molar-refractivity contribution in [1.29, 1.82) is 0 Å². The molecule has 0 heterocycles. The van der Waals surface area contributed by atoms with Gasteiger partial charge in [0.2, 0.25) is 0 Å². The maximum atomic E-state index is 10.8. The van der Waals surface area contributed by atoms with Gasteiger partial charge in [-0.3, -0.25) is 0 Å². The molecule has 1 aliphatic rings. The molecule has 0 unspecified atom stereocenters. The van der Waals surface area contributed by atoms with Crippen molar-refractivity contribution in [3.8, 4) is 0 Å². The summed E-state index contributed by atoms with van der Waals surface area (Å²) in [5, 5.41) is 20.0. The second-order valence-corrected chi connectivity index (χ2v) is 5.37. The van der Waals surface area contributed by atoms with Gasteiger partial charge >= 0.3 is 7.12 Å². The zero-order valence-corrected chi connectivity index (χ0v) is 11.2. The molecule has 0 saturated carbocycles. The average molecular weight is 250 g/mol. The number of rotatable bonds is 4. The molecule has 2 N–H and O–H groups in total. The van der Waals surface area contributed by atoms with E-state index in [1.807, 2.05) is 0 Å². The van der Waals surface area contributed by atoms with E-state index >= 15 is 0 Å². The smallest absolute Gasteiger partial charge is 0.423 e. The molecular weight excluding hydrogens is 231 g/mol. The maximum absolute atomic E-state index is 10.8. The summed E-state index contributed by atoms with van der Waals surface area (Å²) < 4.78 is 5.48. The third kappa shape index (κ3) is 3.21. The van der Waals surface area contributed by atoms with Crippen LogP contribution in [0.2, 0.25) is 0 Å². The van der Waals surface area contributed by atoms with Gasteiger partial charge in [-0.25, -0.2) is 4.79 Å². The average Bonchev–Trinajstić information content (AvgIpc) is 2.26. The van der Waals surface area contributed by atoms with Gasteiger partial charge in [-0.1, -0.05) is 18.2 Å². The van der Waals surface area contributed by atoms with Gasteiger partial charge in [0.15, 0.2) is 0 Å². The van der Waals surface area contributed by atoms with Crippen LogP contribution in [0.1, 0.15) is 34.1 Å². The van der Waals surface area contributed by atoms with E-state index in [-0.39, 0.29) is 0 Å². The number of carbonyl (C=O) groups excluding carboxylic acids is 1. The van der Waals surface area contributed by atoms with Crippen LogP contribution in [0.5, 0.6) is 0 Å². The van der Waals surface area contributed by atoms with Crippen LogP contribution in [0.4, 0.5) is 0 Å². The van der Waals surface area contributed by atoms with Crippen LogP contribution in [0.15, 0.2) is 29.3 Å². The Morgan fingerprint density at radius 3 is 2.50 bits per heavy atom. The van der Waals surface area contributed by atoms with Crippen molar-refractivity contribution in [3.63, 3.8) is 0 Å². The number of hydrogen-bond acceptors (Lipinski definition) is 4. The van der Waals surface area contributed by atoms with Gasteiger partial charge < -0.3 is 14.8 Å². The first-order valence-electron chi connectivity index (χ1n) is 5.88. The Morgan fingerprint density at radius 1 is 1.39 bits per heavy atom. The first kappa shape index (κ1) is 14.9. The van der Waals surface area contributed by atoms with Crippen LogP contribution in [0.25, 0.3) is 0 Å². The molecular formula is C13H19BO4. The van der Waals surface area contributed by atoms with Crippen molar-refractivity contribution >= 4 is 13.1 Å². The largest absolute Gasteiger partial charge is 0.492 e. The Bertz CT molecular complexity index is 423.